The molecule has 0 radical (unpaired) electrons. The zero-order valence-corrected chi connectivity index (χ0v) is 10.4. The summed E-state index contributed by atoms with van der Waals surface area (Å²) >= 11 is 0. The van der Waals surface area contributed by atoms with Crippen molar-refractivity contribution in [3.8, 4) is 0 Å². The molecule has 1 aromatic carbocycles. The SMILES string of the molecule is Cc1cccc(C(O)C(C)C(C)C)c1C. The van der Waals surface area contributed by atoms with E-state index in [0.29, 0.717) is 11.8 Å². The van der Waals surface area contributed by atoms with Gasteiger partial charge in [-0.2, -0.15) is 0 Å². The van der Waals surface area contributed by atoms with Gasteiger partial charge in [0.05, 0.1) is 6.10 Å². The number of hydrogen-bond acceptors (Lipinski definition) is 1. The molecule has 0 aromatic heterocycles. The van der Waals surface area contributed by atoms with Gasteiger partial charge in [-0.3, -0.25) is 0 Å². The Labute approximate surface area is 93.1 Å². The molecule has 2 unspecified atom stereocenters. The molecular weight excluding hydrogens is 184 g/mol. The maximum Gasteiger partial charge on any atom is 0.0820 e. The summed E-state index contributed by atoms with van der Waals surface area (Å²) in [4.78, 5) is 0. The molecule has 0 aliphatic carbocycles. The highest BCUT2D eigenvalue weighted by atomic mass is 16.3. The summed E-state index contributed by atoms with van der Waals surface area (Å²) in [6.45, 7) is 10.6. The van der Waals surface area contributed by atoms with Crippen molar-refractivity contribution in [1.29, 1.82) is 0 Å². The first-order valence-electron chi connectivity index (χ1n) is 5.69. The van der Waals surface area contributed by atoms with Crippen molar-refractivity contribution in [3.63, 3.8) is 0 Å². The largest absolute Gasteiger partial charge is 0.388 e. The predicted octanol–water partition coefficient (Wildman–Crippen LogP) is 3.63. The van der Waals surface area contributed by atoms with Crippen LogP contribution in [0.3, 0.4) is 0 Å². The van der Waals surface area contributed by atoms with E-state index >= 15 is 0 Å². The van der Waals surface area contributed by atoms with E-state index in [2.05, 4.69) is 40.7 Å². The Hall–Kier alpha value is -0.820. The molecule has 0 heterocycles. The third kappa shape index (κ3) is 2.60. The average Bonchev–Trinajstić information content (AvgIpc) is 2.20. The van der Waals surface area contributed by atoms with E-state index in [1.165, 1.54) is 11.1 Å². The molecule has 1 heteroatoms. The van der Waals surface area contributed by atoms with E-state index in [4.69, 9.17) is 0 Å². The van der Waals surface area contributed by atoms with Crippen molar-refractivity contribution in [2.75, 3.05) is 0 Å². The normalized spacial score (nSPS) is 15.4. The molecule has 0 fully saturated rings. The van der Waals surface area contributed by atoms with Crippen LogP contribution in [0, 0.1) is 25.7 Å². The Morgan fingerprint density at radius 3 is 2.20 bits per heavy atom. The van der Waals surface area contributed by atoms with E-state index in [9.17, 15) is 5.11 Å². The Kier molecular flexibility index (Phi) is 3.92. The van der Waals surface area contributed by atoms with Crippen molar-refractivity contribution >= 4 is 0 Å². The quantitative estimate of drug-likeness (QED) is 0.800. The van der Waals surface area contributed by atoms with Gasteiger partial charge < -0.3 is 5.11 Å². The summed E-state index contributed by atoms with van der Waals surface area (Å²) in [5.74, 6) is 0.797. The van der Waals surface area contributed by atoms with Crippen molar-refractivity contribution in [3.05, 3.63) is 34.9 Å². The Morgan fingerprint density at radius 1 is 1.07 bits per heavy atom. The van der Waals surface area contributed by atoms with Gasteiger partial charge in [0.15, 0.2) is 0 Å². The smallest absolute Gasteiger partial charge is 0.0820 e. The van der Waals surface area contributed by atoms with Crippen LogP contribution < -0.4 is 0 Å². The molecule has 0 aliphatic rings. The average molecular weight is 206 g/mol. The molecule has 84 valence electrons. The van der Waals surface area contributed by atoms with Crippen molar-refractivity contribution in [1.82, 2.24) is 0 Å². The van der Waals surface area contributed by atoms with Gasteiger partial charge in [-0.1, -0.05) is 39.0 Å². The first-order valence-corrected chi connectivity index (χ1v) is 5.69. The van der Waals surface area contributed by atoms with Gasteiger partial charge in [-0.05, 0) is 42.4 Å². The van der Waals surface area contributed by atoms with Crippen molar-refractivity contribution in [2.45, 2.75) is 40.7 Å². The van der Waals surface area contributed by atoms with Crippen molar-refractivity contribution in [2.24, 2.45) is 11.8 Å². The molecule has 15 heavy (non-hydrogen) atoms. The fourth-order valence-corrected chi connectivity index (χ4v) is 1.74. The molecule has 0 saturated heterocycles. The lowest BCUT2D eigenvalue weighted by Crippen LogP contribution is -2.16. The standard InChI is InChI=1S/C14H22O/c1-9(2)11(4)14(15)13-8-6-7-10(3)12(13)5/h6-9,11,14-15H,1-5H3. The predicted molar refractivity (Wildman–Crippen MR) is 64.9 cm³/mol. The number of hydrogen-bond donors (Lipinski definition) is 1. The maximum absolute atomic E-state index is 10.3. The summed E-state index contributed by atoms with van der Waals surface area (Å²) in [5, 5.41) is 10.3. The van der Waals surface area contributed by atoms with E-state index in [-0.39, 0.29) is 6.10 Å². The lowest BCUT2D eigenvalue weighted by molar-refractivity contribution is 0.0915. The maximum atomic E-state index is 10.3. The molecule has 1 aromatic rings. The van der Waals surface area contributed by atoms with Crippen LogP contribution in [0.5, 0.6) is 0 Å². The fourth-order valence-electron chi connectivity index (χ4n) is 1.74. The summed E-state index contributed by atoms with van der Waals surface area (Å²) in [6, 6.07) is 6.14. The fraction of sp³-hybridized carbons (Fsp3) is 0.571. The van der Waals surface area contributed by atoms with Gasteiger partial charge in [0, 0.05) is 0 Å². The summed E-state index contributed by atoms with van der Waals surface area (Å²) in [5.41, 5.74) is 3.55. The number of aliphatic hydroxyl groups excluding tert-OH is 1. The molecule has 0 bridgehead atoms. The van der Waals surface area contributed by atoms with Crippen molar-refractivity contribution < 1.29 is 5.11 Å². The number of aliphatic hydroxyl groups is 1. The zero-order chi connectivity index (χ0) is 11.6. The van der Waals surface area contributed by atoms with Crippen LogP contribution in [0.25, 0.3) is 0 Å². The van der Waals surface area contributed by atoms with Gasteiger partial charge in [-0.25, -0.2) is 0 Å². The van der Waals surface area contributed by atoms with E-state index < -0.39 is 0 Å². The van der Waals surface area contributed by atoms with Gasteiger partial charge in [0.1, 0.15) is 0 Å². The van der Waals surface area contributed by atoms with Crippen LogP contribution in [0.1, 0.15) is 43.6 Å². The van der Waals surface area contributed by atoms with Gasteiger partial charge >= 0.3 is 0 Å². The molecule has 0 saturated carbocycles. The molecular formula is C14H22O. The van der Waals surface area contributed by atoms with Crippen LogP contribution in [-0.4, -0.2) is 5.11 Å². The molecule has 0 spiro atoms. The third-order valence-corrected chi connectivity index (χ3v) is 3.51. The minimum Gasteiger partial charge on any atom is -0.388 e. The molecule has 0 amide bonds. The highest BCUT2D eigenvalue weighted by Gasteiger charge is 2.20. The summed E-state index contributed by atoms with van der Waals surface area (Å²) < 4.78 is 0. The van der Waals surface area contributed by atoms with E-state index in [0.717, 1.165) is 5.56 Å². The lowest BCUT2D eigenvalue weighted by atomic mass is 9.86. The highest BCUT2D eigenvalue weighted by molar-refractivity contribution is 5.34. The molecule has 1 rings (SSSR count). The monoisotopic (exact) mass is 206 g/mol. The first-order chi connectivity index (χ1) is 6.95. The first kappa shape index (κ1) is 12.3. The summed E-state index contributed by atoms with van der Waals surface area (Å²) in [7, 11) is 0. The van der Waals surface area contributed by atoms with E-state index in [1.807, 2.05) is 12.1 Å². The number of rotatable bonds is 3. The van der Waals surface area contributed by atoms with Gasteiger partial charge in [-0.15, -0.1) is 0 Å². The second-order valence-corrected chi connectivity index (χ2v) is 4.84. The van der Waals surface area contributed by atoms with Crippen LogP contribution in [0.2, 0.25) is 0 Å². The Bertz CT molecular complexity index is 328. The number of benzene rings is 1. The third-order valence-electron chi connectivity index (χ3n) is 3.51. The van der Waals surface area contributed by atoms with Crippen LogP contribution in [0.15, 0.2) is 18.2 Å². The zero-order valence-electron chi connectivity index (χ0n) is 10.4. The molecule has 1 nitrogen and oxygen atoms in total. The minimum absolute atomic E-state index is 0.297. The van der Waals surface area contributed by atoms with Crippen LogP contribution >= 0.6 is 0 Å². The topological polar surface area (TPSA) is 20.2 Å². The lowest BCUT2D eigenvalue weighted by Gasteiger charge is -2.24. The second-order valence-electron chi connectivity index (χ2n) is 4.84. The van der Waals surface area contributed by atoms with Crippen LogP contribution in [-0.2, 0) is 0 Å². The second kappa shape index (κ2) is 4.80. The highest BCUT2D eigenvalue weighted by Crippen LogP contribution is 2.30. The minimum atomic E-state index is -0.343. The van der Waals surface area contributed by atoms with E-state index in [1.54, 1.807) is 0 Å². The molecule has 0 aliphatic heterocycles. The molecule has 1 N–H and O–H groups in total. The van der Waals surface area contributed by atoms with Gasteiger partial charge in [0.2, 0.25) is 0 Å². The van der Waals surface area contributed by atoms with Gasteiger partial charge in [0.25, 0.3) is 0 Å². The Balaban J connectivity index is 3.01. The number of aryl methyl sites for hydroxylation is 1. The Morgan fingerprint density at radius 2 is 1.67 bits per heavy atom. The van der Waals surface area contributed by atoms with Crippen LogP contribution in [0.4, 0.5) is 0 Å². The summed E-state index contributed by atoms with van der Waals surface area (Å²) in [6.07, 6.45) is -0.343. The molecule has 2 atom stereocenters.